The van der Waals surface area contributed by atoms with Gasteiger partial charge in [0.2, 0.25) is 11.8 Å². The number of aromatic nitrogens is 2. The van der Waals surface area contributed by atoms with Crippen LogP contribution in [-0.4, -0.2) is 16.0 Å². The minimum absolute atomic E-state index is 0.0420. The van der Waals surface area contributed by atoms with Gasteiger partial charge in [-0.05, 0) is 25.5 Å². The predicted octanol–water partition coefficient (Wildman–Crippen LogP) is 2.76. The minimum Gasteiger partial charge on any atom is -0.423 e. The number of rotatable bonds is 5. The second kappa shape index (κ2) is 5.65. The fourth-order valence-electron chi connectivity index (χ4n) is 1.96. The van der Waals surface area contributed by atoms with Gasteiger partial charge in [0.1, 0.15) is 0 Å². The lowest BCUT2D eigenvalue weighted by Gasteiger charge is -2.10. The molecule has 5 heteroatoms. The highest BCUT2D eigenvalue weighted by Gasteiger charge is 2.11. The molecule has 1 aromatic carbocycles. The van der Waals surface area contributed by atoms with E-state index < -0.39 is 0 Å². The smallest absolute Gasteiger partial charge is 0.235 e. The number of nitrogens with zero attached hydrogens (tertiary/aromatic N) is 2. The van der Waals surface area contributed by atoms with Gasteiger partial charge in [-0.1, -0.05) is 19.1 Å². The molecule has 0 radical (unpaired) electrons. The van der Waals surface area contributed by atoms with E-state index >= 15 is 0 Å². The molecule has 2 rings (SSSR count). The van der Waals surface area contributed by atoms with E-state index in [1.807, 2.05) is 32.0 Å². The van der Waals surface area contributed by atoms with Crippen LogP contribution in [0.5, 0.6) is 0 Å². The molecule has 0 amide bonds. The van der Waals surface area contributed by atoms with Gasteiger partial charge in [-0.3, -0.25) is 4.79 Å². The van der Waals surface area contributed by atoms with Crippen molar-refractivity contribution < 1.29 is 9.21 Å². The molecule has 1 N–H and O–H groups in total. The molecule has 0 saturated carbocycles. The summed E-state index contributed by atoms with van der Waals surface area (Å²) in [5.74, 6) is 1.18. The second-order valence-corrected chi connectivity index (χ2v) is 4.35. The Kier molecular flexibility index (Phi) is 3.94. The van der Waals surface area contributed by atoms with Gasteiger partial charge in [-0.15, -0.1) is 10.2 Å². The van der Waals surface area contributed by atoms with Crippen molar-refractivity contribution >= 4 is 11.5 Å². The quantitative estimate of drug-likeness (QED) is 0.836. The maximum Gasteiger partial charge on any atom is 0.235 e. The summed E-state index contributed by atoms with van der Waals surface area (Å²) in [6, 6.07) is 5.71. The third-order valence-corrected chi connectivity index (χ3v) is 2.87. The molecule has 0 unspecified atom stereocenters. The summed E-state index contributed by atoms with van der Waals surface area (Å²) in [7, 11) is 0. The lowest BCUT2D eigenvalue weighted by Crippen LogP contribution is -2.06. The zero-order valence-electron chi connectivity index (χ0n) is 11.4. The van der Waals surface area contributed by atoms with Crippen LogP contribution >= 0.6 is 0 Å². The normalized spacial score (nSPS) is 10.5. The van der Waals surface area contributed by atoms with Crippen LogP contribution in [0.15, 0.2) is 22.6 Å². The van der Waals surface area contributed by atoms with E-state index in [0.29, 0.717) is 23.9 Å². The van der Waals surface area contributed by atoms with Crippen molar-refractivity contribution in [2.24, 2.45) is 0 Å². The van der Waals surface area contributed by atoms with Gasteiger partial charge in [-0.25, -0.2) is 0 Å². The number of nitrogens with one attached hydrogen (secondary N) is 1. The summed E-state index contributed by atoms with van der Waals surface area (Å²) in [6.07, 6.45) is 0.718. The summed E-state index contributed by atoms with van der Waals surface area (Å²) < 4.78 is 5.42. The van der Waals surface area contributed by atoms with E-state index in [-0.39, 0.29) is 5.78 Å². The number of hydrogen-bond donors (Lipinski definition) is 1. The standard InChI is InChI=1S/C14H17N3O2/c1-4-12-16-17-13(19-12)8-15-11-7-5-6-9(2)14(11)10(3)18/h5-7,15H,4,8H2,1-3H3. The molecule has 100 valence electrons. The maximum absolute atomic E-state index is 11.7. The van der Waals surface area contributed by atoms with Crippen LogP contribution in [0.4, 0.5) is 5.69 Å². The first-order chi connectivity index (χ1) is 9.11. The van der Waals surface area contributed by atoms with Crippen LogP contribution in [0.1, 0.15) is 41.6 Å². The Morgan fingerprint density at radius 2 is 2.05 bits per heavy atom. The van der Waals surface area contributed by atoms with E-state index in [1.165, 1.54) is 0 Å². The molecular weight excluding hydrogens is 242 g/mol. The van der Waals surface area contributed by atoms with Gasteiger partial charge in [-0.2, -0.15) is 0 Å². The molecule has 0 aliphatic carbocycles. The average molecular weight is 259 g/mol. The molecular formula is C14H17N3O2. The average Bonchev–Trinajstić information content (AvgIpc) is 2.83. The number of carbonyl (C=O) groups is 1. The molecule has 5 nitrogen and oxygen atoms in total. The molecule has 1 heterocycles. The van der Waals surface area contributed by atoms with E-state index in [0.717, 1.165) is 17.7 Å². The van der Waals surface area contributed by atoms with E-state index in [1.54, 1.807) is 6.92 Å². The molecule has 2 aromatic rings. The largest absolute Gasteiger partial charge is 0.423 e. The summed E-state index contributed by atoms with van der Waals surface area (Å²) >= 11 is 0. The number of hydrogen-bond acceptors (Lipinski definition) is 5. The first-order valence-electron chi connectivity index (χ1n) is 6.27. The number of benzene rings is 1. The van der Waals surface area contributed by atoms with Crippen LogP contribution in [-0.2, 0) is 13.0 Å². The van der Waals surface area contributed by atoms with Gasteiger partial charge in [0.15, 0.2) is 5.78 Å². The summed E-state index contributed by atoms with van der Waals surface area (Å²) in [5.41, 5.74) is 2.46. The first kappa shape index (κ1) is 13.3. The molecule has 0 saturated heterocycles. The number of Topliss-reactive ketones (excluding diaryl/α,β-unsaturated/α-hetero) is 1. The lowest BCUT2D eigenvalue weighted by atomic mass is 10.0. The van der Waals surface area contributed by atoms with Crippen LogP contribution in [0, 0.1) is 6.92 Å². The van der Waals surface area contributed by atoms with Crippen LogP contribution in [0.2, 0.25) is 0 Å². The van der Waals surface area contributed by atoms with E-state index in [4.69, 9.17) is 4.42 Å². The molecule has 0 spiro atoms. The zero-order chi connectivity index (χ0) is 13.8. The number of carbonyl (C=O) groups excluding carboxylic acids is 1. The van der Waals surface area contributed by atoms with Crippen molar-refractivity contribution in [2.75, 3.05) is 5.32 Å². The van der Waals surface area contributed by atoms with Gasteiger partial charge >= 0.3 is 0 Å². The molecule has 0 fully saturated rings. The Labute approximate surface area is 112 Å². The number of ketones is 1. The lowest BCUT2D eigenvalue weighted by molar-refractivity contribution is 0.101. The van der Waals surface area contributed by atoms with Gasteiger partial charge < -0.3 is 9.73 Å². The van der Waals surface area contributed by atoms with Crippen molar-refractivity contribution in [1.82, 2.24) is 10.2 Å². The fourth-order valence-corrected chi connectivity index (χ4v) is 1.96. The Balaban J connectivity index is 2.15. The predicted molar refractivity (Wildman–Crippen MR) is 72.2 cm³/mol. The molecule has 0 bridgehead atoms. The van der Waals surface area contributed by atoms with Crippen molar-refractivity contribution in [3.63, 3.8) is 0 Å². The second-order valence-electron chi connectivity index (χ2n) is 4.35. The number of aryl methyl sites for hydroxylation is 2. The third-order valence-electron chi connectivity index (χ3n) is 2.87. The Morgan fingerprint density at radius 1 is 1.32 bits per heavy atom. The number of anilines is 1. The van der Waals surface area contributed by atoms with Crippen LogP contribution in [0.3, 0.4) is 0 Å². The Hall–Kier alpha value is -2.17. The minimum atomic E-state index is 0.0420. The molecule has 0 aliphatic rings. The van der Waals surface area contributed by atoms with E-state index in [2.05, 4.69) is 15.5 Å². The highest BCUT2D eigenvalue weighted by atomic mass is 16.4. The summed E-state index contributed by atoms with van der Waals surface area (Å²) in [4.78, 5) is 11.7. The summed E-state index contributed by atoms with van der Waals surface area (Å²) in [5, 5.41) is 11.0. The van der Waals surface area contributed by atoms with Crippen molar-refractivity contribution in [2.45, 2.75) is 33.7 Å². The van der Waals surface area contributed by atoms with Gasteiger partial charge in [0, 0.05) is 17.7 Å². The highest BCUT2D eigenvalue weighted by molar-refractivity contribution is 6.00. The van der Waals surface area contributed by atoms with Gasteiger partial charge in [0.05, 0.1) is 6.54 Å². The van der Waals surface area contributed by atoms with Crippen LogP contribution in [0.25, 0.3) is 0 Å². The van der Waals surface area contributed by atoms with Gasteiger partial charge in [0.25, 0.3) is 0 Å². The Morgan fingerprint density at radius 3 is 2.68 bits per heavy atom. The first-order valence-corrected chi connectivity index (χ1v) is 6.27. The zero-order valence-corrected chi connectivity index (χ0v) is 11.4. The molecule has 0 atom stereocenters. The van der Waals surface area contributed by atoms with E-state index in [9.17, 15) is 4.79 Å². The highest BCUT2D eigenvalue weighted by Crippen LogP contribution is 2.20. The SMILES string of the molecule is CCc1nnc(CNc2cccc(C)c2C(C)=O)o1. The summed E-state index contributed by atoms with van der Waals surface area (Å²) in [6.45, 7) is 5.86. The Bertz CT molecular complexity index is 590. The van der Waals surface area contributed by atoms with Crippen molar-refractivity contribution in [1.29, 1.82) is 0 Å². The van der Waals surface area contributed by atoms with Crippen molar-refractivity contribution in [3.05, 3.63) is 41.1 Å². The van der Waals surface area contributed by atoms with Crippen molar-refractivity contribution in [3.8, 4) is 0 Å². The van der Waals surface area contributed by atoms with Crippen LogP contribution < -0.4 is 5.32 Å². The topological polar surface area (TPSA) is 68.0 Å². The molecule has 19 heavy (non-hydrogen) atoms. The maximum atomic E-state index is 11.7. The monoisotopic (exact) mass is 259 g/mol. The fraction of sp³-hybridized carbons (Fsp3) is 0.357. The molecule has 0 aliphatic heterocycles. The third kappa shape index (κ3) is 2.99. The molecule has 1 aromatic heterocycles.